The zero-order chi connectivity index (χ0) is 14.1. The van der Waals surface area contributed by atoms with Crippen LogP contribution in [0, 0.1) is 0 Å². The van der Waals surface area contributed by atoms with E-state index in [0.29, 0.717) is 19.6 Å². The lowest BCUT2D eigenvalue weighted by Gasteiger charge is -2.13. The van der Waals surface area contributed by atoms with E-state index < -0.39 is 6.10 Å². The normalized spacial score (nSPS) is 12.2. The highest BCUT2D eigenvalue weighted by Gasteiger charge is 2.09. The second-order valence-electron chi connectivity index (χ2n) is 4.14. The molecule has 0 aromatic carbocycles. The highest BCUT2D eigenvalue weighted by atomic mass is 79.9. The van der Waals surface area contributed by atoms with Crippen LogP contribution in [0.15, 0.2) is 10.8 Å². The molecule has 0 radical (unpaired) electrons. The lowest BCUT2D eigenvalue weighted by molar-refractivity contribution is 0.0615. The summed E-state index contributed by atoms with van der Waals surface area (Å²) >= 11 is 3.47. The molecule has 0 aliphatic heterocycles. The summed E-state index contributed by atoms with van der Waals surface area (Å²) in [5.74, 6) is 1.50. The third kappa shape index (κ3) is 5.71. The number of rotatable bonds is 9. The van der Waals surface area contributed by atoms with E-state index in [9.17, 15) is 5.11 Å². The zero-order valence-electron chi connectivity index (χ0n) is 11.3. The molecule has 3 N–H and O–H groups in total. The van der Waals surface area contributed by atoms with Gasteiger partial charge in [0, 0.05) is 20.2 Å². The monoisotopic (exact) mass is 332 g/mol. The second-order valence-corrected chi connectivity index (χ2v) is 4.93. The lowest BCUT2D eigenvalue weighted by Crippen LogP contribution is -2.19. The first kappa shape index (κ1) is 16.1. The fourth-order valence-electron chi connectivity index (χ4n) is 1.49. The van der Waals surface area contributed by atoms with Crippen molar-refractivity contribution in [2.45, 2.75) is 25.9 Å². The van der Waals surface area contributed by atoms with Gasteiger partial charge in [0.25, 0.3) is 0 Å². The Kier molecular flexibility index (Phi) is 7.69. The Bertz CT molecular complexity index is 379. The predicted molar refractivity (Wildman–Crippen MR) is 79.5 cm³/mol. The van der Waals surface area contributed by atoms with Crippen molar-refractivity contribution in [2.24, 2.45) is 0 Å². The lowest BCUT2D eigenvalue weighted by atomic mass is 10.2. The molecular formula is C12H21BrN4O2. The molecule has 0 bridgehead atoms. The number of nitrogens with zero attached hydrogens (tertiary/aromatic N) is 2. The topological polar surface area (TPSA) is 79.3 Å². The zero-order valence-corrected chi connectivity index (χ0v) is 12.9. The highest BCUT2D eigenvalue weighted by Crippen LogP contribution is 2.26. The van der Waals surface area contributed by atoms with Crippen LogP contribution < -0.4 is 10.6 Å². The molecule has 0 amide bonds. The molecule has 0 aliphatic carbocycles. The number of methoxy groups -OCH3 is 1. The summed E-state index contributed by atoms with van der Waals surface area (Å²) in [6.07, 6.45) is 2.68. The largest absolute Gasteiger partial charge is 0.391 e. The molecule has 19 heavy (non-hydrogen) atoms. The molecule has 1 aromatic heterocycles. The van der Waals surface area contributed by atoms with Gasteiger partial charge in [0.05, 0.1) is 12.7 Å². The molecule has 1 aromatic rings. The first-order valence-electron chi connectivity index (χ1n) is 6.34. The number of halogens is 1. The van der Waals surface area contributed by atoms with Crippen molar-refractivity contribution in [1.82, 2.24) is 9.97 Å². The van der Waals surface area contributed by atoms with Crippen LogP contribution in [0.4, 0.5) is 11.6 Å². The van der Waals surface area contributed by atoms with Crippen molar-refractivity contribution in [3.8, 4) is 0 Å². The number of ether oxygens (including phenoxy) is 1. The molecule has 0 saturated heterocycles. The van der Waals surface area contributed by atoms with Crippen LogP contribution >= 0.6 is 15.9 Å². The average molecular weight is 333 g/mol. The number of aromatic nitrogens is 2. The molecule has 6 nitrogen and oxygen atoms in total. The molecule has 0 saturated carbocycles. The van der Waals surface area contributed by atoms with Crippen molar-refractivity contribution in [3.05, 3.63) is 10.8 Å². The molecule has 0 spiro atoms. The molecule has 1 atom stereocenters. The van der Waals surface area contributed by atoms with Crippen molar-refractivity contribution in [2.75, 3.05) is 37.4 Å². The van der Waals surface area contributed by atoms with Gasteiger partial charge in [-0.3, -0.25) is 0 Å². The number of aliphatic hydroxyl groups is 1. The van der Waals surface area contributed by atoms with Gasteiger partial charge in [-0.05, 0) is 28.8 Å². The maximum Gasteiger partial charge on any atom is 0.145 e. The summed E-state index contributed by atoms with van der Waals surface area (Å²) in [5, 5.41) is 15.9. The fourth-order valence-corrected chi connectivity index (χ4v) is 1.98. The molecular weight excluding hydrogens is 312 g/mol. The van der Waals surface area contributed by atoms with E-state index >= 15 is 0 Å². The highest BCUT2D eigenvalue weighted by molar-refractivity contribution is 9.10. The number of hydrogen-bond donors (Lipinski definition) is 3. The summed E-state index contributed by atoms with van der Waals surface area (Å²) in [7, 11) is 1.57. The summed E-state index contributed by atoms with van der Waals surface area (Å²) in [6.45, 7) is 3.92. The average Bonchev–Trinajstić information content (AvgIpc) is 2.40. The summed E-state index contributed by atoms with van der Waals surface area (Å²) in [5.41, 5.74) is 0. The Morgan fingerprint density at radius 3 is 2.53 bits per heavy atom. The third-order valence-electron chi connectivity index (χ3n) is 2.46. The fraction of sp³-hybridized carbons (Fsp3) is 0.667. The van der Waals surface area contributed by atoms with E-state index in [1.54, 1.807) is 7.11 Å². The quantitative estimate of drug-likeness (QED) is 0.640. The van der Waals surface area contributed by atoms with Crippen LogP contribution in [-0.2, 0) is 4.74 Å². The van der Waals surface area contributed by atoms with Gasteiger partial charge in [0.2, 0.25) is 0 Å². The Morgan fingerprint density at radius 1 is 1.32 bits per heavy atom. The SMILES string of the molecule is CCCNc1ncnc(NCCC(O)COC)c1Br. The van der Waals surface area contributed by atoms with Crippen LogP contribution in [-0.4, -0.2) is 48.0 Å². The molecule has 1 heterocycles. The van der Waals surface area contributed by atoms with E-state index in [4.69, 9.17) is 4.74 Å². The number of hydrogen-bond acceptors (Lipinski definition) is 6. The molecule has 108 valence electrons. The van der Waals surface area contributed by atoms with Crippen LogP contribution in [0.3, 0.4) is 0 Å². The molecule has 7 heteroatoms. The van der Waals surface area contributed by atoms with Gasteiger partial charge in [-0.15, -0.1) is 0 Å². The first-order valence-corrected chi connectivity index (χ1v) is 7.13. The van der Waals surface area contributed by atoms with Crippen LogP contribution in [0.2, 0.25) is 0 Å². The molecule has 1 rings (SSSR count). The number of aliphatic hydroxyl groups excluding tert-OH is 1. The van der Waals surface area contributed by atoms with Crippen molar-refractivity contribution < 1.29 is 9.84 Å². The van der Waals surface area contributed by atoms with Gasteiger partial charge < -0.3 is 20.5 Å². The van der Waals surface area contributed by atoms with E-state index in [0.717, 1.165) is 29.1 Å². The smallest absolute Gasteiger partial charge is 0.145 e. The molecule has 0 aliphatic rings. The summed E-state index contributed by atoms with van der Waals surface area (Å²) in [6, 6.07) is 0. The van der Waals surface area contributed by atoms with Gasteiger partial charge in [-0.1, -0.05) is 6.92 Å². The first-order chi connectivity index (χ1) is 9.19. The predicted octanol–water partition coefficient (Wildman–Crippen LogP) is 1.87. The molecule has 0 fully saturated rings. The standard InChI is InChI=1S/C12H21BrN4O2/c1-3-5-14-11-10(13)12(17-8-16-11)15-6-4-9(18)7-19-2/h8-9,18H,3-7H2,1-2H3,(H2,14,15,16,17). The van der Waals surface area contributed by atoms with Gasteiger partial charge in [0.15, 0.2) is 0 Å². The number of anilines is 2. The van der Waals surface area contributed by atoms with E-state index in [-0.39, 0.29) is 0 Å². The minimum atomic E-state index is -0.462. The third-order valence-corrected chi connectivity index (χ3v) is 3.21. The second kappa shape index (κ2) is 9.06. The Hall–Kier alpha value is -0.920. The van der Waals surface area contributed by atoms with E-state index in [2.05, 4.69) is 43.5 Å². The Balaban J connectivity index is 2.49. The minimum Gasteiger partial charge on any atom is -0.391 e. The minimum absolute atomic E-state index is 0.343. The maximum absolute atomic E-state index is 9.55. The van der Waals surface area contributed by atoms with Gasteiger partial charge in [0.1, 0.15) is 22.4 Å². The Labute approximate surface area is 122 Å². The van der Waals surface area contributed by atoms with Crippen molar-refractivity contribution in [3.63, 3.8) is 0 Å². The van der Waals surface area contributed by atoms with Crippen LogP contribution in [0.1, 0.15) is 19.8 Å². The van der Waals surface area contributed by atoms with Crippen LogP contribution in [0.5, 0.6) is 0 Å². The van der Waals surface area contributed by atoms with Crippen molar-refractivity contribution in [1.29, 1.82) is 0 Å². The van der Waals surface area contributed by atoms with Gasteiger partial charge >= 0.3 is 0 Å². The van der Waals surface area contributed by atoms with Gasteiger partial charge in [-0.2, -0.15) is 0 Å². The number of nitrogens with one attached hydrogen (secondary N) is 2. The van der Waals surface area contributed by atoms with Crippen molar-refractivity contribution >= 4 is 27.6 Å². The Morgan fingerprint density at radius 2 is 1.95 bits per heavy atom. The summed E-state index contributed by atoms with van der Waals surface area (Å²) in [4.78, 5) is 8.34. The van der Waals surface area contributed by atoms with E-state index in [1.165, 1.54) is 6.33 Å². The maximum atomic E-state index is 9.55. The molecule has 1 unspecified atom stereocenters. The summed E-state index contributed by atoms with van der Waals surface area (Å²) < 4.78 is 5.68. The van der Waals surface area contributed by atoms with Crippen LogP contribution in [0.25, 0.3) is 0 Å². The van der Waals surface area contributed by atoms with Gasteiger partial charge in [-0.25, -0.2) is 9.97 Å². The van der Waals surface area contributed by atoms with E-state index in [1.807, 2.05) is 0 Å².